The van der Waals surface area contributed by atoms with E-state index >= 15 is 0 Å². The van der Waals surface area contributed by atoms with Crippen LogP contribution in [0.5, 0.6) is 0 Å². The lowest BCUT2D eigenvalue weighted by molar-refractivity contribution is -0.137. The number of hydrogen-bond acceptors (Lipinski definition) is 3. The molecule has 1 fully saturated rings. The summed E-state index contributed by atoms with van der Waals surface area (Å²) in [6, 6.07) is 5.31. The number of piperidine rings is 1. The number of likely N-dealkylation sites (tertiary alicyclic amines) is 1. The summed E-state index contributed by atoms with van der Waals surface area (Å²) >= 11 is 0. The highest BCUT2D eigenvalue weighted by molar-refractivity contribution is 5.63. The molecular weight excluding hydrogens is 303 g/mol. The van der Waals surface area contributed by atoms with E-state index in [1.165, 1.54) is 12.3 Å². The molecule has 0 radical (unpaired) electrons. The fourth-order valence-corrected chi connectivity index (χ4v) is 3.10. The van der Waals surface area contributed by atoms with Crippen LogP contribution in [0.3, 0.4) is 0 Å². The number of alkyl halides is 3. The van der Waals surface area contributed by atoms with E-state index in [1.54, 1.807) is 12.3 Å². The molecule has 1 saturated heterocycles. The monoisotopic (exact) mass is 321 g/mol. The Morgan fingerprint density at radius 1 is 1.17 bits per heavy atom. The molecule has 1 atom stereocenters. The number of hydrogen-bond donors (Lipinski definition) is 0. The molecule has 1 aromatic heterocycles. The number of benzene rings is 1. The van der Waals surface area contributed by atoms with Crippen LogP contribution in [0.4, 0.5) is 13.2 Å². The zero-order valence-electron chi connectivity index (χ0n) is 12.8. The molecule has 1 aliphatic heterocycles. The van der Waals surface area contributed by atoms with Gasteiger partial charge in [0, 0.05) is 30.4 Å². The average molecular weight is 321 g/mol. The fourth-order valence-electron chi connectivity index (χ4n) is 3.10. The molecule has 3 nitrogen and oxygen atoms in total. The van der Waals surface area contributed by atoms with Crippen molar-refractivity contribution in [2.75, 3.05) is 20.1 Å². The van der Waals surface area contributed by atoms with Crippen molar-refractivity contribution in [3.05, 3.63) is 47.9 Å². The summed E-state index contributed by atoms with van der Waals surface area (Å²) < 4.78 is 38.8. The van der Waals surface area contributed by atoms with E-state index < -0.39 is 11.7 Å². The lowest BCUT2D eigenvalue weighted by Gasteiger charge is -2.30. The highest BCUT2D eigenvalue weighted by Gasteiger charge is 2.31. The number of likely N-dealkylation sites (N-methyl/N-ethyl adjacent to an activating group) is 1. The van der Waals surface area contributed by atoms with Crippen molar-refractivity contribution in [2.24, 2.45) is 0 Å². The van der Waals surface area contributed by atoms with Gasteiger partial charge in [0.2, 0.25) is 0 Å². The van der Waals surface area contributed by atoms with Crippen LogP contribution < -0.4 is 0 Å². The second kappa shape index (κ2) is 6.28. The molecule has 122 valence electrons. The quantitative estimate of drug-likeness (QED) is 0.838. The van der Waals surface area contributed by atoms with E-state index in [-0.39, 0.29) is 5.92 Å². The van der Waals surface area contributed by atoms with Gasteiger partial charge in [0.1, 0.15) is 0 Å². The first-order chi connectivity index (χ1) is 10.9. The number of nitrogens with zero attached hydrogens (tertiary/aromatic N) is 3. The Balaban J connectivity index is 2.01. The number of halogens is 3. The second-order valence-electron chi connectivity index (χ2n) is 5.97. The largest absolute Gasteiger partial charge is 0.416 e. The Morgan fingerprint density at radius 2 is 1.96 bits per heavy atom. The summed E-state index contributed by atoms with van der Waals surface area (Å²) in [7, 11) is 2.05. The molecule has 0 unspecified atom stereocenters. The van der Waals surface area contributed by atoms with Crippen molar-refractivity contribution in [1.29, 1.82) is 0 Å². The Bertz CT molecular complexity index is 685. The highest BCUT2D eigenvalue weighted by Crippen LogP contribution is 2.35. The van der Waals surface area contributed by atoms with Crippen LogP contribution in [-0.2, 0) is 6.18 Å². The minimum absolute atomic E-state index is 0.201. The van der Waals surface area contributed by atoms with Crippen LogP contribution in [0.2, 0.25) is 0 Å². The van der Waals surface area contributed by atoms with E-state index in [0.29, 0.717) is 11.3 Å². The molecule has 2 heterocycles. The molecule has 0 spiro atoms. The van der Waals surface area contributed by atoms with Gasteiger partial charge >= 0.3 is 6.18 Å². The van der Waals surface area contributed by atoms with Gasteiger partial charge < -0.3 is 4.90 Å². The highest BCUT2D eigenvalue weighted by atomic mass is 19.4. The maximum Gasteiger partial charge on any atom is 0.416 e. The van der Waals surface area contributed by atoms with Crippen molar-refractivity contribution in [3.63, 3.8) is 0 Å². The molecule has 0 amide bonds. The molecule has 3 rings (SSSR count). The number of aromatic nitrogens is 2. The molecule has 0 saturated carbocycles. The van der Waals surface area contributed by atoms with Gasteiger partial charge in [0.25, 0.3) is 0 Å². The predicted molar refractivity (Wildman–Crippen MR) is 81.9 cm³/mol. The third-order valence-electron chi connectivity index (χ3n) is 4.20. The van der Waals surface area contributed by atoms with E-state index in [2.05, 4.69) is 14.9 Å². The minimum Gasteiger partial charge on any atom is -0.306 e. The van der Waals surface area contributed by atoms with Crippen molar-refractivity contribution >= 4 is 0 Å². The van der Waals surface area contributed by atoms with Crippen LogP contribution in [0.15, 0.2) is 36.7 Å². The van der Waals surface area contributed by atoms with Gasteiger partial charge in [-0.15, -0.1) is 0 Å². The standard InChI is InChI=1S/C17H18F3N3/c1-23-9-3-5-13(11-23)16-15(21-7-8-22-16)12-4-2-6-14(10-12)17(18,19)20/h2,4,6-8,10,13H,3,5,9,11H2,1H3/t13-/m0/s1. The molecule has 1 aromatic carbocycles. The normalized spacial score (nSPS) is 19.7. The molecule has 0 N–H and O–H groups in total. The Hall–Kier alpha value is -1.95. The smallest absolute Gasteiger partial charge is 0.306 e. The van der Waals surface area contributed by atoms with Gasteiger partial charge in [-0.2, -0.15) is 13.2 Å². The second-order valence-corrected chi connectivity index (χ2v) is 5.97. The summed E-state index contributed by atoms with van der Waals surface area (Å²) in [6.07, 6.45) is 0.824. The average Bonchev–Trinajstić information content (AvgIpc) is 2.54. The SMILES string of the molecule is CN1CCC[C@H](c2nccnc2-c2cccc(C(F)(F)F)c2)C1. The van der Waals surface area contributed by atoms with Gasteiger partial charge in [-0.25, -0.2) is 0 Å². The van der Waals surface area contributed by atoms with E-state index in [0.717, 1.165) is 43.8 Å². The summed E-state index contributed by atoms with van der Waals surface area (Å²) in [5, 5.41) is 0. The van der Waals surface area contributed by atoms with Gasteiger partial charge in [0.15, 0.2) is 0 Å². The molecular formula is C17H18F3N3. The molecule has 0 bridgehead atoms. The first-order valence-corrected chi connectivity index (χ1v) is 7.62. The minimum atomic E-state index is -4.36. The van der Waals surface area contributed by atoms with Crippen LogP contribution in [0.25, 0.3) is 11.3 Å². The maximum absolute atomic E-state index is 12.9. The lowest BCUT2D eigenvalue weighted by Crippen LogP contribution is -2.31. The first-order valence-electron chi connectivity index (χ1n) is 7.62. The van der Waals surface area contributed by atoms with E-state index in [1.807, 2.05) is 7.05 Å². The van der Waals surface area contributed by atoms with Crippen LogP contribution >= 0.6 is 0 Å². The van der Waals surface area contributed by atoms with Gasteiger partial charge in [-0.05, 0) is 38.6 Å². The Kier molecular flexibility index (Phi) is 4.35. The Morgan fingerprint density at radius 3 is 2.70 bits per heavy atom. The fraction of sp³-hybridized carbons (Fsp3) is 0.412. The first kappa shape index (κ1) is 15.9. The molecule has 2 aromatic rings. The van der Waals surface area contributed by atoms with Crippen molar-refractivity contribution < 1.29 is 13.2 Å². The van der Waals surface area contributed by atoms with Crippen LogP contribution in [-0.4, -0.2) is 35.0 Å². The summed E-state index contributed by atoms with van der Waals surface area (Å²) in [5.41, 5.74) is 1.15. The summed E-state index contributed by atoms with van der Waals surface area (Å²) in [6.45, 7) is 1.89. The Labute approximate surface area is 133 Å². The van der Waals surface area contributed by atoms with Crippen molar-refractivity contribution in [2.45, 2.75) is 24.9 Å². The third kappa shape index (κ3) is 3.52. The summed E-state index contributed by atoms with van der Waals surface area (Å²) in [5.74, 6) is 0.201. The third-order valence-corrected chi connectivity index (χ3v) is 4.20. The lowest BCUT2D eigenvalue weighted by atomic mass is 9.91. The van der Waals surface area contributed by atoms with Gasteiger partial charge in [0.05, 0.1) is 17.0 Å². The maximum atomic E-state index is 12.9. The summed E-state index contributed by atoms with van der Waals surface area (Å²) in [4.78, 5) is 11.0. The predicted octanol–water partition coefficient (Wildman–Crippen LogP) is 3.97. The van der Waals surface area contributed by atoms with Crippen molar-refractivity contribution in [1.82, 2.24) is 14.9 Å². The van der Waals surface area contributed by atoms with Crippen molar-refractivity contribution in [3.8, 4) is 11.3 Å². The van der Waals surface area contributed by atoms with Gasteiger partial charge in [-0.3, -0.25) is 9.97 Å². The number of rotatable bonds is 2. The van der Waals surface area contributed by atoms with Gasteiger partial charge in [-0.1, -0.05) is 12.1 Å². The topological polar surface area (TPSA) is 29.0 Å². The molecule has 1 aliphatic rings. The van der Waals surface area contributed by atoms with E-state index in [4.69, 9.17) is 0 Å². The van der Waals surface area contributed by atoms with E-state index in [9.17, 15) is 13.2 Å². The molecule has 23 heavy (non-hydrogen) atoms. The van der Waals surface area contributed by atoms with Crippen LogP contribution in [0, 0.1) is 0 Å². The van der Waals surface area contributed by atoms with Crippen LogP contribution in [0.1, 0.15) is 30.0 Å². The molecule has 0 aliphatic carbocycles. The zero-order valence-corrected chi connectivity index (χ0v) is 12.8. The zero-order chi connectivity index (χ0) is 16.4. The molecule has 6 heteroatoms.